The maximum absolute atomic E-state index is 14.7. The lowest BCUT2D eigenvalue weighted by Crippen LogP contribution is -2.40. The minimum atomic E-state index is -1.24. The maximum atomic E-state index is 14.7. The molecule has 5 rings (SSSR count). The molecule has 0 radical (unpaired) electrons. The largest absolute Gasteiger partial charge is 0.465 e. The molecule has 4 N–H and O–H groups in total. The van der Waals surface area contributed by atoms with Gasteiger partial charge in [0.15, 0.2) is 0 Å². The molecule has 0 spiro atoms. The van der Waals surface area contributed by atoms with Crippen molar-refractivity contribution in [1.29, 1.82) is 0 Å². The summed E-state index contributed by atoms with van der Waals surface area (Å²) in [6.45, 7) is 3.12. The molecule has 1 saturated heterocycles. The Morgan fingerprint density at radius 3 is 2.59 bits per heavy atom. The highest BCUT2D eigenvalue weighted by Crippen LogP contribution is 2.40. The molecule has 2 aromatic heterocycles. The van der Waals surface area contributed by atoms with Crippen molar-refractivity contribution < 1.29 is 18.7 Å². The number of amides is 1. The third kappa shape index (κ3) is 5.08. The third-order valence-electron chi connectivity index (χ3n) is 6.78. The van der Waals surface area contributed by atoms with Gasteiger partial charge in [0.1, 0.15) is 11.6 Å². The van der Waals surface area contributed by atoms with E-state index < -0.39 is 11.9 Å². The number of benzene rings is 2. The van der Waals surface area contributed by atoms with Crippen LogP contribution in [0.5, 0.6) is 0 Å². The van der Waals surface area contributed by atoms with Gasteiger partial charge in [-0.1, -0.05) is 12.1 Å². The lowest BCUT2D eigenvalue weighted by Gasteiger charge is -2.34. The molecule has 3 heterocycles. The molecule has 7 nitrogen and oxygen atoms in total. The number of nitrogens with one attached hydrogen (secondary N) is 1. The minimum Gasteiger partial charge on any atom is -0.465 e. The summed E-state index contributed by atoms with van der Waals surface area (Å²) in [5.74, 6) is -0.921. The first-order chi connectivity index (χ1) is 17.8. The Balaban J connectivity index is 1.72. The fourth-order valence-corrected chi connectivity index (χ4v) is 4.97. The number of aryl methyl sites for hydroxylation is 1. The maximum Gasteiger partial charge on any atom is 0.404 e. The number of nitrogens with zero attached hydrogens (tertiary/aromatic N) is 3. The lowest BCUT2D eigenvalue weighted by molar-refractivity contribution is 0.194. The van der Waals surface area contributed by atoms with E-state index in [0.29, 0.717) is 11.1 Å². The second-order valence-electron chi connectivity index (χ2n) is 9.40. The summed E-state index contributed by atoms with van der Waals surface area (Å²) < 4.78 is 29.1. The number of piperidine rings is 1. The average molecular weight is 504 g/mol. The molecule has 190 valence electrons. The van der Waals surface area contributed by atoms with E-state index >= 15 is 0 Å². The highest BCUT2D eigenvalue weighted by atomic mass is 19.1. The monoisotopic (exact) mass is 503 g/mol. The predicted octanol–water partition coefficient (Wildman–Crippen LogP) is 5.25. The fraction of sp³-hybridized carbons (Fsp3) is 0.250. The summed E-state index contributed by atoms with van der Waals surface area (Å²) in [5.41, 5.74) is 11.5. The van der Waals surface area contributed by atoms with Crippen LogP contribution in [-0.4, -0.2) is 40.3 Å². The molecule has 0 saturated carbocycles. The van der Waals surface area contributed by atoms with Crippen molar-refractivity contribution in [3.63, 3.8) is 0 Å². The van der Waals surface area contributed by atoms with Crippen molar-refractivity contribution in [2.45, 2.75) is 32.4 Å². The van der Waals surface area contributed by atoms with Gasteiger partial charge in [0.05, 0.1) is 17.4 Å². The van der Waals surface area contributed by atoms with Gasteiger partial charge in [-0.2, -0.15) is 0 Å². The number of aromatic nitrogens is 2. The number of nitrogens with two attached hydrogens (primary N) is 1. The van der Waals surface area contributed by atoms with E-state index in [1.54, 1.807) is 6.20 Å². The molecule has 4 aromatic rings. The van der Waals surface area contributed by atoms with Gasteiger partial charge in [-0.3, -0.25) is 9.97 Å². The van der Waals surface area contributed by atoms with Gasteiger partial charge in [0, 0.05) is 60.1 Å². The van der Waals surface area contributed by atoms with Crippen molar-refractivity contribution in [1.82, 2.24) is 15.3 Å². The van der Waals surface area contributed by atoms with E-state index in [9.17, 15) is 13.6 Å². The van der Waals surface area contributed by atoms with Gasteiger partial charge in [-0.15, -0.1) is 0 Å². The Kier molecular flexibility index (Phi) is 6.71. The van der Waals surface area contributed by atoms with E-state index in [2.05, 4.69) is 20.2 Å². The number of hydrogen-bond acceptors (Lipinski definition) is 5. The highest BCUT2D eigenvalue weighted by molar-refractivity contribution is 6.02. The molecule has 0 atom stereocenters. The Hall–Kier alpha value is -4.11. The van der Waals surface area contributed by atoms with Crippen molar-refractivity contribution in [2.24, 2.45) is 5.73 Å². The summed E-state index contributed by atoms with van der Waals surface area (Å²) in [6.07, 6.45) is 4.76. The quantitative estimate of drug-likeness (QED) is 0.344. The zero-order chi connectivity index (χ0) is 26.1. The fourth-order valence-electron chi connectivity index (χ4n) is 4.97. The van der Waals surface area contributed by atoms with Crippen LogP contribution in [0.25, 0.3) is 33.2 Å². The molecule has 1 fully saturated rings. The number of pyridine rings is 2. The summed E-state index contributed by atoms with van der Waals surface area (Å²) in [7, 11) is 0. The van der Waals surface area contributed by atoms with Crippen LogP contribution in [-0.2, 0) is 6.54 Å². The van der Waals surface area contributed by atoms with Crippen LogP contribution in [0.2, 0.25) is 0 Å². The first-order valence-corrected chi connectivity index (χ1v) is 12.1. The summed E-state index contributed by atoms with van der Waals surface area (Å²) in [6, 6.07) is 10.6. The second kappa shape index (κ2) is 10.1. The number of hydrogen-bond donors (Lipinski definition) is 3. The lowest BCUT2D eigenvalue weighted by atomic mass is 9.95. The Bertz CT molecular complexity index is 1470. The molecular formula is C28H27F2N5O2. The number of halogens is 2. The number of carboxylic acid groups (broad SMARTS) is 1. The van der Waals surface area contributed by atoms with Crippen LogP contribution in [0.4, 0.5) is 19.3 Å². The smallest absolute Gasteiger partial charge is 0.404 e. The molecule has 1 aliphatic rings. The number of fused-ring (bicyclic) bond motifs is 1. The minimum absolute atomic E-state index is 0.127. The molecule has 1 aliphatic heterocycles. The molecule has 1 amide bonds. The molecular weight excluding hydrogens is 476 g/mol. The molecule has 0 aliphatic carbocycles. The zero-order valence-electron chi connectivity index (χ0n) is 20.3. The van der Waals surface area contributed by atoms with Gasteiger partial charge in [0.2, 0.25) is 0 Å². The van der Waals surface area contributed by atoms with Gasteiger partial charge >= 0.3 is 6.09 Å². The second-order valence-corrected chi connectivity index (χ2v) is 9.40. The highest BCUT2D eigenvalue weighted by Gasteiger charge is 2.23. The molecule has 9 heteroatoms. The van der Waals surface area contributed by atoms with Crippen molar-refractivity contribution >= 4 is 22.7 Å². The number of carbonyl (C=O) groups is 1. The van der Waals surface area contributed by atoms with E-state index in [-0.39, 0.29) is 24.0 Å². The van der Waals surface area contributed by atoms with Crippen molar-refractivity contribution in [3.05, 3.63) is 77.8 Å². The van der Waals surface area contributed by atoms with Crippen LogP contribution in [0, 0.1) is 18.6 Å². The normalized spacial score (nSPS) is 14.2. The van der Waals surface area contributed by atoms with Crippen LogP contribution in [0.3, 0.4) is 0 Å². The molecule has 0 bridgehead atoms. The van der Waals surface area contributed by atoms with Gasteiger partial charge in [-0.05, 0) is 60.7 Å². The Labute approximate surface area is 213 Å². The van der Waals surface area contributed by atoms with E-state index in [4.69, 9.17) is 10.8 Å². The van der Waals surface area contributed by atoms with Gasteiger partial charge < -0.3 is 21.1 Å². The van der Waals surface area contributed by atoms with Gasteiger partial charge in [0.25, 0.3) is 0 Å². The van der Waals surface area contributed by atoms with Crippen LogP contribution < -0.4 is 16.0 Å². The van der Waals surface area contributed by atoms with Crippen LogP contribution >= 0.6 is 0 Å². The predicted molar refractivity (Wildman–Crippen MR) is 139 cm³/mol. The SMILES string of the molecule is Cc1cc(F)cc(-c2cnc3ccc(-c4cncc(F)c4CNC(=O)O)cc3c2N2CCC(N)CC2)c1. The Morgan fingerprint density at radius 2 is 1.86 bits per heavy atom. The zero-order valence-corrected chi connectivity index (χ0v) is 20.3. The summed E-state index contributed by atoms with van der Waals surface area (Å²) >= 11 is 0. The molecule has 37 heavy (non-hydrogen) atoms. The topological polar surface area (TPSA) is 104 Å². The van der Waals surface area contributed by atoms with Crippen LogP contribution in [0.15, 0.2) is 55.0 Å². The van der Waals surface area contributed by atoms with Gasteiger partial charge in [-0.25, -0.2) is 13.6 Å². The number of rotatable bonds is 5. The molecule has 0 unspecified atom stereocenters. The standard InChI is InChI=1S/C28H27F2N5O2/c1-16-8-18(10-19(29)9-16)23-13-33-26-3-2-17(11-21(26)27(23)35-6-4-20(31)5-7-35)22-12-32-15-25(30)24(22)14-34-28(36)37/h2-3,8-13,15,20,34H,4-7,14,31H2,1H3,(H,36,37). The molecule has 2 aromatic carbocycles. The van der Waals surface area contributed by atoms with Crippen molar-refractivity contribution in [2.75, 3.05) is 18.0 Å². The summed E-state index contributed by atoms with van der Waals surface area (Å²) in [4.78, 5) is 22.0. The Morgan fingerprint density at radius 1 is 1.08 bits per heavy atom. The van der Waals surface area contributed by atoms with E-state index in [0.717, 1.165) is 65.4 Å². The van der Waals surface area contributed by atoms with Crippen LogP contribution in [0.1, 0.15) is 24.0 Å². The first kappa shape index (κ1) is 24.6. The number of anilines is 1. The third-order valence-corrected chi connectivity index (χ3v) is 6.78. The summed E-state index contributed by atoms with van der Waals surface area (Å²) in [5, 5.41) is 12.1. The van der Waals surface area contributed by atoms with E-state index in [1.165, 1.54) is 18.3 Å². The van der Waals surface area contributed by atoms with E-state index in [1.807, 2.05) is 31.2 Å². The first-order valence-electron chi connectivity index (χ1n) is 12.1. The average Bonchev–Trinajstić information content (AvgIpc) is 2.87. The van der Waals surface area contributed by atoms with Crippen molar-refractivity contribution in [3.8, 4) is 22.3 Å².